The van der Waals surface area contributed by atoms with Gasteiger partial charge in [-0.25, -0.2) is 8.42 Å². The molecule has 0 spiro atoms. The number of sulfonamides is 1. The van der Waals surface area contributed by atoms with Crippen molar-refractivity contribution in [1.29, 1.82) is 0 Å². The number of rotatable bonds is 9. The number of carbonyl (C=O) groups is 1. The minimum absolute atomic E-state index is 0.0941. The van der Waals surface area contributed by atoms with E-state index in [-0.39, 0.29) is 10.8 Å². The smallest absolute Gasteiger partial charge is 0.265 e. The average Bonchev–Trinajstić information content (AvgIpc) is 2.77. The molecule has 0 saturated carbocycles. The van der Waals surface area contributed by atoms with E-state index in [1.54, 1.807) is 61.7 Å². The fourth-order valence-corrected chi connectivity index (χ4v) is 4.07. The molecule has 168 valence electrons. The predicted octanol–water partition coefficient (Wildman–Crippen LogP) is 4.60. The summed E-state index contributed by atoms with van der Waals surface area (Å²) >= 11 is 0. The van der Waals surface area contributed by atoms with Crippen molar-refractivity contribution in [3.63, 3.8) is 0 Å². The zero-order valence-electron chi connectivity index (χ0n) is 18.2. The van der Waals surface area contributed by atoms with Gasteiger partial charge in [0.25, 0.3) is 15.9 Å². The van der Waals surface area contributed by atoms with Crippen LogP contribution in [-0.2, 0) is 14.8 Å². The highest BCUT2D eigenvalue weighted by Crippen LogP contribution is 2.22. The van der Waals surface area contributed by atoms with E-state index in [4.69, 9.17) is 9.47 Å². The second-order valence-corrected chi connectivity index (χ2v) is 8.86. The van der Waals surface area contributed by atoms with Crippen molar-refractivity contribution >= 4 is 27.3 Å². The van der Waals surface area contributed by atoms with Crippen LogP contribution in [0.4, 0.5) is 11.4 Å². The lowest BCUT2D eigenvalue weighted by molar-refractivity contribution is -0.122. The lowest BCUT2D eigenvalue weighted by Gasteiger charge is -2.18. The number of carbonyl (C=O) groups excluding carboxylic acids is 1. The third-order valence-corrected chi connectivity index (χ3v) is 6.08. The molecule has 1 atom stereocenters. The largest absolute Gasteiger partial charge is 0.497 e. The Hall–Kier alpha value is -3.52. The molecule has 3 rings (SSSR count). The van der Waals surface area contributed by atoms with Gasteiger partial charge in [-0.2, -0.15) is 0 Å². The summed E-state index contributed by atoms with van der Waals surface area (Å²) in [5.74, 6) is 0.827. The van der Waals surface area contributed by atoms with Crippen molar-refractivity contribution in [1.82, 2.24) is 0 Å². The summed E-state index contributed by atoms with van der Waals surface area (Å²) in [5.41, 5.74) is 1.91. The maximum atomic E-state index is 12.7. The van der Waals surface area contributed by atoms with Crippen LogP contribution in [0.3, 0.4) is 0 Å². The number of aryl methyl sites for hydroxylation is 1. The lowest BCUT2D eigenvalue weighted by Crippen LogP contribution is -2.32. The highest BCUT2D eigenvalue weighted by atomic mass is 32.2. The van der Waals surface area contributed by atoms with Crippen molar-refractivity contribution in [2.45, 2.75) is 31.3 Å². The Labute approximate surface area is 188 Å². The van der Waals surface area contributed by atoms with E-state index in [0.29, 0.717) is 29.3 Å². The van der Waals surface area contributed by atoms with E-state index in [0.717, 1.165) is 5.56 Å². The van der Waals surface area contributed by atoms with E-state index in [1.807, 2.05) is 19.9 Å². The molecule has 0 unspecified atom stereocenters. The van der Waals surface area contributed by atoms with E-state index in [2.05, 4.69) is 10.0 Å². The van der Waals surface area contributed by atoms with Gasteiger partial charge in [-0.3, -0.25) is 9.52 Å². The molecule has 0 radical (unpaired) electrons. The first-order chi connectivity index (χ1) is 15.3. The maximum Gasteiger partial charge on any atom is 0.265 e. The molecule has 0 saturated heterocycles. The van der Waals surface area contributed by atoms with Crippen molar-refractivity contribution in [3.8, 4) is 11.5 Å². The van der Waals surface area contributed by atoms with E-state index in [1.165, 1.54) is 12.1 Å². The van der Waals surface area contributed by atoms with Crippen LogP contribution in [-0.4, -0.2) is 27.5 Å². The molecule has 0 aliphatic heterocycles. The summed E-state index contributed by atoms with van der Waals surface area (Å²) in [6.45, 7) is 3.73. The fraction of sp³-hybridized carbons (Fsp3) is 0.208. The molecule has 0 aliphatic carbocycles. The van der Waals surface area contributed by atoms with Gasteiger partial charge >= 0.3 is 0 Å². The second kappa shape index (κ2) is 10.2. The predicted molar refractivity (Wildman–Crippen MR) is 125 cm³/mol. The number of anilines is 2. The molecule has 0 aliphatic rings. The van der Waals surface area contributed by atoms with Gasteiger partial charge in [-0.1, -0.05) is 25.1 Å². The monoisotopic (exact) mass is 454 g/mol. The van der Waals surface area contributed by atoms with Gasteiger partial charge in [0.2, 0.25) is 0 Å². The Morgan fingerprint density at radius 2 is 1.62 bits per heavy atom. The molecule has 7 nitrogen and oxygen atoms in total. The summed E-state index contributed by atoms with van der Waals surface area (Å²) in [4.78, 5) is 12.8. The van der Waals surface area contributed by atoms with Crippen molar-refractivity contribution < 1.29 is 22.7 Å². The first-order valence-corrected chi connectivity index (χ1v) is 11.6. The Morgan fingerprint density at radius 3 is 2.28 bits per heavy atom. The zero-order chi connectivity index (χ0) is 23.1. The second-order valence-electron chi connectivity index (χ2n) is 7.18. The Kier molecular flexibility index (Phi) is 7.37. The first-order valence-electron chi connectivity index (χ1n) is 10.1. The molecular weight excluding hydrogens is 428 g/mol. The molecule has 8 heteroatoms. The topological polar surface area (TPSA) is 93.7 Å². The summed E-state index contributed by atoms with van der Waals surface area (Å²) in [6, 6.07) is 20.1. The number of nitrogens with one attached hydrogen (secondary N) is 2. The summed E-state index contributed by atoms with van der Waals surface area (Å²) in [5, 5.41) is 2.77. The maximum absolute atomic E-state index is 12.7. The Bertz CT molecular complexity index is 1180. The van der Waals surface area contributed by atoms with Crippen LogP contribution in [0.2, 0.25) is 0 Å². The van der Waals surface area contributed by atoms with Crippen LogP contribution in [0.15, 0.2) is 77.7 Å². The average molecular weight is 455 g/mol. The molecule has 32 heavy (non-hydrogen) atoms. The summed E-state index contributed by atoms with van der Waals surface area (Å²) in [7, 11) is -2.18. The van der Waals surface area contributed by atoms with Crippen LogP contribution < -0.4 is 19.5 Å². The standard InChI is InChI=1S/C24H26N2O5S/c1-4-23(31-21-10-6-9-20(16-21)30-3)24(27)25-18-11-13-22(14-12-18)32(28,29)26-19-8-5-7-17(2)15-19/h5-16,23,26H,4H2,1-3H3,(H,25,27)/t23-/m0/s1. The van der Waals surface area contributed by atoms with E-state index in [9.17, 15) is 13.2 Å². The van der Waals surface area contributed by atoms with Crippen molar-refractivity contribution in [3.05, 3.63) is 78.4 Å². The number of methoxy groups -OCH3 is 1. The van der Waals surface area contributed by atoms with Crippen LogP contribution in [0.5, 0.6) is 11.5 Å². The summed E-state index contributed by atoms with van der Waals surface area (Å²) < 4.78 is 38.8. The fourth-order valence-electron chi connectivity index (χ4n) is 3.02. The summed E-state index contributed by atoms with van der Waals surface area (Å²) in [6.07, 6.45) is -0.260. The normalized spacial score (nSPS) is 12.0. The number of amides is 1. The van der Waals surface area contributed by atoms with Gasteiger partial charge in [-0.15, -0.1) is 0 Å². The lowest BCUT2D eigenvalue weighted by atomic mass is 10.2. The number of ether oxygens (including phenoxy) is 2. The van der Waals surface area contributed by atoms with Gasteiger partial charge in [0.15, 0.2) is 6.10 Å². The molecule has 2 N–H and O–H groups in total. The Balaban J connectivity index is 1.66. The molecule has 0 aromatic heterocycles. The van der Waals surface area contributed by atoms with Crippen LogP contribution in [0, 0.1) is 6.92 Å². The quantitative estimate of drug-likeness (QED) is 0.493. The van der Waals surface area contributed by atoms with Gasteiger partial charge in [-0.05, 0) is 67.4 Å². The van der Waals surface area contributed by atoms with Crippen molar-refractivity contribution in [2.75, 3.05) is 17.1 Å². The number of benzene rings is 3. The van der Waals surface area contributed by atoms with Gasteiger partial charge in [0.1, 0.15) is 11.5 Å². The molecule has 3 aromatic carbocycles. The third-order valence-electron chi connectivity index (χ3n) is 4.69. The van der Waals surface area contributed by atoms with E-state index >= 15 is 0 Å². The minimum Gasteiger partial charge on any atom is -0.497 e. The Morgan fingerprint density at radius 1 is 0.938 bits per heavy atom. The van der Waals surface area contributed by atoms with Gasteiger partial charge in [0, 0.05) is 17.4 Å². The zero-order valence-corrected chi connectivity index (χ0v) is 19.0. The van der Waals surface area contributed by atoms with Gasteiger partial charge < -0.3 is 14.8 Å². The molecule has 0 heterocycles. The van der Waals surface area contributed by atoms with Crippen molar-refractivity contribution in [2.24, 2.45) is 0 Å². The highest BCUT2D eigenvalue weighted by molar-refractivity contribution is 7.92. The van der Waals surface area contributed by atoms with Crippen LogP contribution in [0.25, 0.3) is 0 Å². The first kappa shape index (κ1) is 23.1. The molecule has 0 fully saturated rings. The third kappa shape index (κ3) is 6.01. The van der Waals surface area contributed by atoms with Gasteiger partial charge in [0.05, 0.1) is 12.0 Å². The number of hydrogen-bond donors (Lipinski definition) is 2. The molecule has 0 bridgehead atoms. The van der Waals surface area contributed by atoms with E-state index < -0.39 is 16.1 Å². The number of hydrogen-bond acceptors (Lipinski definition) is 5. The minimum atomic E-state index is -3.74. The molecular formula is C24H26N2O5S. The van der Waals surface area contributed by atoms with Crippen LogP contribution >= 0.6 is 0 Å². The molecule has 1 amide bonds. The van der Waals surface area contributed by atoms with Crippen LogP contribution in [0.1, 0.15) is 18.9 Å². The highest BCUT2D eigenvalue weighted by Gasteiger charge is 2.20. The molecule has 3 aromatic rings. The SMILES string of the molecule is CC[C@H](Oc1cccc(OC)c1)C(=O)Nc1ccc(S(=O)(=O)Nc2cccc(C)c2)cc1.